The molecule has 1 aromatic carbocycles. The van der Waals surface area contributed by atoms with Gasteiger partial charge in [-0.2, -0.15) is 0 Å². The maximum Gasteiger partial charge on any atom is 0.123 e. The Kier molecular flexibility index (Phi) is 4.15. The van der Waals surface area contributed by atoms with Gasteiger partial charge in [0, 0.05) is 5.56 Å². The van der Waals surface area contributed by atoms with Gasteiger partial charge in [-0.25, -0.2) is 0 Å². The lowest BCUT2D eigenvalue weighted by Gasteiger charge is -2.57. The summed E-state index contributed by atoms with van der Waals surface area (Å²) in [6.45, 7) is 7.23. The number of hydrogen-bond donors (Lipinski definition) is 1. The topological polar surface area (TPSA) is 35.2 Å². The second-order valence-electron chi connectivity index (χ2n) is 9.26. The molecule has 2 N–H and O–H groups in total. The van der Waals surface area contributed by atoms with Crippen LogP contribution in [0.3, 0.4) is 0 Å². The summed E-state index contributed by atoms with van der Waals surface area (Å²) < 4.78 is 6.27. The van der Waals surface area contributed by atoms with Crippen molar-refractivity contribution in [3.05, 3.63) is 29.3 Å². The van der Waals surface area contributed by atoms with Gasteiger partial charge in [-0.05, 0) is 99.6 Å². The second kappa shape index (κ2) is 6.05. The van der Waals surface area contributed by atoms with Crippen LogP contribution in [0.2, 0.25) is 0 Å². The first kappa shape index (κ1) is 16.4. The molecular formula is C22H33NO. The average Bonchev–Trinajstić information content (AvgIpc) is 2.52. The van der Waals surface area contributed by atoms with Crippen molar-refractivity contribution >= 4 is 0 Å². The Morgan fingerprint density at radius 2 is 1.62 bits per heavy atom. The first-order chi connectivity index (χ1) is 11.5. The standard InChI is InChI=1S/C22H33NO/c1-14(2)24-21-5-4-19(15(3)13-23)9-20(21)22-10-16-6-17(11-22)8-18(7-16)12-22/h4-5,9,14-18H,6-8,10-13,23H2,1-3H3. The third kappa shape index (κ3) is 2.77. The van der Waals surface area contributed by atoms with Gasteiger partial charge < -0.3 is 10.5 Å². The quantitative estimate of drug-likeness (QED) is 0.825. The van der Waals surface area contributed by atoms with Crippen molar-refractivity contribution in [3.63, 3.8) is 0 Å². The summed E-state index contributed by atoms with van der Waals surface area (Å²) >= 11 is 0. The molecule has 1 atom stereocenters. The van der Waals surface area contributed by atoms with Crippen LogP contribution in [0.4, 0.5) is 0 Å². The van der Waals surface area contributed by atoms with Crippen LogP contribution in [0.5, 0.6) is 5.75 Å². The molecule has 0 aliphatic heterocycles. The van der Waals surface area contributed by atoms with Crippen molar-refractivity contribution in [2.75, 3.05) is 6.54 Å². The number of rotatable bonds is 5. The maximum atomic E-state index is 6.27. The highest BCUT2D eigenvalue weighted by molar-refractivity contribution is 5.45. The van der Waals surface area contributed by atoms with Crippen LogP contribution in [0.1, 0.15) is 76.3 Å². The Morgan fingerprint density at radius 3 is 2.12 bits per heavy atom. The molecule has 1 aromatic rings. The van der Waals surface area contributed by atoms with Crippen molar-refractivity contribution in [1.29, 1.82) is 0 Å². The zero-order valence-corrected chi connectivity index (χ0v) is 15.6. The van der Waals surface area contributed by atoms with Gasteiger partial charge in [0.25, 0.3) is 0 Å². The fraction of sp³-hybridized carbons (Fsp3) is 0.727. The number of nitrogens with two attached hydrogens (primary N) is 1. The molecule has 0 aromatic heterocycles. The monoisotopic (exact) mass is 327 g/mol. The Balaban J connectivity index is 1.77. The third-order valence-electron chi connectivity index (χ3n) is 6.90. The summed E-state index contributed by atoms with van der Waals surface area (Å²) in [6, 6.07) is 6.93. The summed E-state index contributed by atoms with van der Waals surface area (Å²) in [5.74, 6) is 4.43. The molecule has 4 saturated carbocycles. The highest BCUT2D eigenvalue weighted by atomic mass is 16.5. The summed E-state index contributed by atoms with van der Waals surface area (Å²) in [4.78, 5) is 0. The van der Waals surface area contributed by atoms with Crippen LogP contribution in [-0.4, -0.2) is 12.6 Å². The molecule has 132 valence electrons. The summed E-state index contributed by atoms with van der Waals surface area (Å²) in [7, 11) is 0. The van der Waals surface area contributed by atoms with Crippen molar-refractivity contribution in [2.45, 2.75) is 76.7 Å². The predicted molar refractivity (Wildman–Crippen MR) is 99.5 cm³/mol. The van der Waals surface area contributed by atoms with E-state index in [9.17, 15) is 0 Å². The number of hydrogen-bond acceptors (Lipinski definition) is 2. The van der Waals surface area contributed by atoms with Crippen LogP contribution in [-0.2, 0) is 5.41 Å². The van der Waals surface area contributed by atoms with Gasteiger partial charge in [0.1, 0.15) is 5.75 Å². The van der Waals surface area contributed by atoms with E-state index in [0.717, 1.165) is 23.5 Å². The average molecular weight is 328 g/mol. The van der Waals surface area contributed by atoms with Crippen molar-refractivity contribution < 1.29 is 4.74 Å². The van der Waals surface area contributed by atoms with Crippen LogP contribution < -0.4 is 10.5 Å². The molecule has 0 spiro atoms. The van der Waals surface area contributed by atoms with Gasteiger partial charge in [-0.15, -0.1) is 0 Å². The maximum absolute atomic E-state index is 6.27. The smallest absolute Gasteiger partial charge is 0.123 e. The Labute approximate surface area is 147 Å². The van der Waals surface area contributed by atoms with Crippen molar-refractivity contribution in [1.82, 2.24) is 0 Å². The first-order valence-corrected chi connectivity index (χ1v) is 10.00. The molecule has 0 amide bonds. The Morgan fingerprint density at radius 1 is 1.04 bits per heavy atom. The molecule has 0 heterocycles. The van der Waals surface area contributed by atoms with Crippen molar-refractivity contribution in [2.24, 2.45) is 23.5 Å². The minimum Gasteiger partial charge on any atom is -0.491 e. The highest BCUT2D eigenvalue weighted by Gasteiger charge is 2.52. The number of ether oxygens (including phenoxy) is 1. The van der Waals surface area contributed by atoms with E-state index in [1.54, 1.807) is 0 Å². The summed E-state index contributed by atoms with van der Waals surface area (Å²) in [6.07, 6.45) is 8.83. The van der Waals surface area contributed by atoms with E-state index >= 15 is 0 Å². The molecule has 4 aliphatic rings. The molecule has 0 saturated heterocycles. The normalized spacial score (nSPS) is 35.5. The Hall–Kier alpha value is -1.02. The molecule has 2 nitrogen and oxygen atoms in total. The fourth-order valence-electron chi connectivity index (χ4n) is 6.20. The van der Waals surface area contributed by atoms with Gasteiger partial charge in [0.2, 0.25) is 0 Å². The third-order valence-corrected chi connectivity index (χ3v) is 6.90. The lowest BCUT2D eigenvalue weighted by Crippen LogP contribution is -2.48. The summed E-state index contributed by atoms with van der Waals surface area (Å²) in [5, 5.41) is 0. The predicted octanol–water partition coefficient (Wildman–Crippen LogP) is 5.00. The molecule has 24 heavy (non-hydrogen) atoms. The Bertz CT molecular complexity index is 571. The van der Waals surface area contributed by atoms with E-state index in [2.05, 4.69) is 39.0 Å². The van der Waals surface area contributed by atoms with Gasteiger partial charge in [-0.3, -0.25) is 0 Å². The van der Waals surface area contributed by atoms with Crippen LogP contribution in [0, 0.1) is 17.8 Å². The van der Waals surface area contributed by atoms with Gasteiger partial charge in [-0.1, -0.05) is 19.1 Å². The molecule has 4 fully saturated rings. The zero-order chi connectivity index (χ0) is 16.9. The van der Waals surface area contributed by atoms with E-state index < -0.39 is 0 Å². The molecule has 4 bridgehead atoms. The highest BCUT2D eigenvalue weighted by Crippen LogP contribution is 2.62. The van der Waals surface area contributed by atoms with Gasteiger partial charge >= 0.3 is 0 Å². The van der Waals surface area contributed by atoms with Crippen LogP contribution in [0.15, 0.2) is 18.2 Å². The largest absolute Gasteiger partial charge is 0.491 e. The molecular weight excluding hydrogens is 294 g/mol. The molecule has 5 rings (SSSR count). The van der Waals surface area contributed by atoms with Gasteiger partial charge in [0.05, 0.1) is 6.10 Å². The molecule has 4 aliphatic carbocycles. The molecule has 2 heteroatoms. The van der Waals surface area contributed by atoms with Crippen LogP contribution in [0.25, 0.3) is 0 Å². The SMILES string of the molecule is CC(C)Oc1ccc(C(C)CN)cc1C12CC3CC(CC(C3)C1)C2. The minimum atomic E-state index is 0.232. The van der Waals surface area contributed by atoms with E-state index in [4.69, 9.17) is 10.5 Å². The minimum absolute atomic E-state index is 0.232. The lowest BCUT2D eigenvalue weighted by atomic mass is 9.48. The first-order valence-electron chi connectivity index (χ1n) is 10.00. The summed E-state index contributed by atoms with van der Waals surface area (Å²) in [5.41, 5.74) is 9.22. The van der Waals surface area contributed by atoms with E-state index in [1.165, 1.54) is 49.7 Å². The van der Waals surface area contributed by atoms with Crippen molar-refractivity contribution in [3.8, 4) is 5.75 Å². The fourth-order valence-corrected chi connectivity index (χ4v) is 6.20. The molecule has 0 radical (unpaired) electrons. The van der Waals surface area contributed by atoms with E-state index in [1.807, 2.05) is 0 Å². The lowest BCUT2D eigenvalue weighted by molar-refractivity contribution is -0.00674. The molecule has 1 unspecified atom stereocenters. The van der Waals surface area contributed by atoms with Crippen LogP contribution >= 0.6 is 0 Å². The second-order valence-corrected chi connectivity index (χ2v) is 9.26. The van der Waals surface area contributed by atoms with E-state index in [0.29, 0.717) is 17.9 Å². The van der Waals surface area contributed by atoms with Gasteiger partial charge in [0.15, 0.2) is 0 Å². The number of benzene rings is 1. The van der Waals surface area contributed by atoms with E-state index in [-0.39, 0.29) is 6.10 Å². The zero-order valence-electron chi connectivity index (χ0n) is 15.6.